The van der Waals surface area contributed by atoms with E-state index in [2.05, 4.69) is 30.1 Å². The summed E-state index contributed by atoms with van der Waals surface area (Å²) in [5.41, 5.74) is 5.63. The molecule has 0 radical (unpaired) electrons. The summed E-state index contributed by atoms with van der Waals surface area (Å²) >= 11 is 0. The van der Waals surface area contributed by atoms with Crippen LogP contribution in [-0.4, -0.2) is 4.98 Å². The van der Waals surface area contributed by atoms with Crippen molar-refractivity contribution in [2.45, 2.75) is 45.4 Å². The summed E-state index contributed by atoms with van der Waals surface area (Å²) in [6.07, 6.45) is 8.04. The van der Waals surface area contributed by atoms with Gasteiger partial charge in [0.15, 0.2) is 0 Å². The number of nitrogens with zero attached hydrogens (tertiary/aromatic N) is 2. The first-order valence-electron chi connectivity index (χ1n) is 11.3. The van der Waals surface area contributed by atoms with Gasteiger partial charge >= 0.3 is 0 Å². The minimum Gasteiger partial charge on any atom is -0.256 e. The highest BCUT2D eigenvalue weighted by atomic mass is 19.1. The zero-order valence-electron chi connectivity index (χ0n) is 18.4. The second-order valence-corrected chi connectivity index (χ2v) is 8.29. The molecule has 0 amide bonds. The first kappa shape index (κ1) is 21.7. The number of unbranched alkanes of at least 4 members (excludes halogenated alkanes) is 2. The fraction of sp³-hybridized carbons (Fsp3) is 0.241. The number of hydrogen-bond donors (Lipinski definition) is 0. The Morgan fingerprint density at radius 2 is 1.66 bits per heavy atom. The first-order chi connectivity index (χ1) is 15.7. The Bertz CT molecular complexity index is 1240. The van der Waals surface area contributed by atoms with Gasteiger partial charge < -0.3 is 0 Å². The van der Waals surface area contributed by atoms with Gasteiger partial charge in [-0.3, -0.25) is 4.98 Å². The molecule has 0 aliphatic heterocycles. The van der Waals surface area contributed by atoms with E-state index in [1.165, 1.54) is 24.8 Å². The van der Waals surface area contributed by atoms with Gasteiger partial charge in [-0.1, -0.05) is 62.2 Å². The van der Waals surface area contributed by atoms with Gasteiger partial charge in [0, 0.05) is 17.1 Å². The molecule has 1 heterocycles. The molecule has 0 aliphatic carbocycles. The van der Waals surface area contributed by atoms with Gasteiger partial charge in [-0.15, -0.1) is 0 Å². The van der Waals surface area contributed by atoms with Crippen LogP contribution in [0.5, 0.6) is 0 Å². The van der Waals surface area contributed by atoms with Crippen molar-refractivity contribution in [3.63, 3.8) is 0 Å². The molecule has 0 bridgehead atoms. The van der Waals surface area contributed by atoms with Crippen molar-refractivity contribution in [2.75, 3.05) is 0 Å². The third-order valence-corrected chi connectivity index (χ3v) is 5.99. The molecule has 0 aliphatic rings. The number of halogens is 1. The summed E-state index contributed by atoms with van der Waals surface area (Å²) in [6, 6.07) is 23.5. The van der Waals surface area contributed by atoms with E-state index in [-0.39, 0.29) is 5.82 Å². The van der Waals surface area contributed by atoms with Crippen LogP contribution in [0, 0.1) is 17.1 Å². The summed E-state index contributed by atoms with van der Waals surface area (Å²) in [5, 5.41) is 10.4. The normalized spacial score (nSPS) is 10.9. The van der Waals surface area contributed by atoms with Gasteiger partial charge in [-0.2, -0.15) is 5.26 Å². The Morgan fingerprint density at radius 1 is 0.844 bits per heavy atom. The predicted molar refractivity (Wildman–Crippen MR) is 129 cm³/mol. The topological polar surface area (TPSA) is 36.7 Å². The highest BCUT2D eigenvalue weighted by Crippen LogP contribution is 2.27. The van der Waals surface area contributed by atoms with Crippen molar-refractivity contribution < 1.29 is 4.39 Å². The molecule has 3 heteroatoms. The van der Waals surface area contributed by atoms with E-state index >= 15 is 4.39 Å². The zero-order valence-corrected chi connectivity index (χ0v) is 18.4. The average molecular weight is 423 g/mol. The fourth-order valence-electron chi connectivity index (χ4n) is 4.04. The molecule has 1 aromatic heterocycles. The van der Waals surface area contributed by atoms with Crippen LogP contribution in [0.3, 0.4) is 0 Å². The Labute approximate surface area is 189 Å². The van der Waals surface area contributed by atoms with Crippen LogP contribution in [0.1, 0.15) is 48.4 Å². The number of rotatable bonds is 8. The third-order valence-electron chi connectivity index (χ3n) is 5.99. The third kappa shape index (κ3) is 5.03. The molecule has 0 fully saturated rings. The Hall–Kier alpha value is -3.51. The highest BCUT2D eigenvalue weighted by molar-refractivity contribution is 5.88. The van der Waals surface area contributed by atoms with Crippen LogP contribution >= 0.6 is 0 Å². The molecule has 0 unspecified atom stereocenters. The van der Waals surface area contributed by atoms with Gasteiger partial charge in [0.25, 0.3) is 0 Å². The van der Waals surface area contributed by atoms with E-state index in [4.69, 9.17) is 5.26 Å². The molecule has 0 saturated carbocycles. The van der Waals surface area contributed by atoms with Crippen LogP contribution in [0.4, 0.5) is 4.39 Å². The van der Waals surface area contributed by atoms with E-state index in [0.717, 1.165) is 35.0 Å². The summed E-state index contributed by atoms with van der Waals surface area (Å²) in [4.78, 5) is 4.64. The maximum atomic E-state index is 15.2. The quantitative estimate of drug-likeness (QED) is 0.277. The largest absolute Gasteiger partial charge is 0.256 e. The standard InChI is InChI=1S/C29H27FN2/c1-2-3-4-5-23-11-17-28(32-20-23)26-15-16-27-25(18-26)14-13-24(29(27)30)12-10-21-6-8-22(19-31)9-7-21/h6-9,11,13-18,20H,2-5,10,12H2,1H3. The maximum absolute atomic E-state index is 15.2. The molecule has 2 nitrogen and oxygen atoms in total. The number of fused-ring (bicyclic) bond motifs is 1. The van der Waals surface area contributed by atoms with Crippen molar-refractivity contribution in [1.82, 2.24) is 4.98 Å². The molecule has 0 atom stereocenters. The van der Waals surface area contributed by atoms with Crippen LogP contribution in [0.2, 0.25) is 0 Å². The molecule has 3 aromatic carbocycles. The van der Waals surface area contributed by atoms with E-state index in [0.29, 0.717) is 22.9 Å². The summed E-state index contributed by atoms with van der Waals surface area (Å²) in [5.74, 6) is -0.151. The van der Waals surface area contributed by atoms with Crippen molar-refractivity contribution in [2.24, 2.45) is 0 Å². The van der Waals surface area contributed by atoms with Crippen LogP contribution in [-0.2, 0) is 19.3 Å². The molecule has 4 rings (SSSR count). The lowest BCUT2D eigenvalue weighted by Gasteiger charge is -2.09. The highest BCUT2D eigenvalue weighted by Gasteiger charge is 2.10. The molecule has 0 spiro atoms. The predicted octanol–water partition coefficient (Wildman–Crippen LogP) is 7.43. The zero-order chi connectivity index (χ0) is 22.3. The van der Waals surface area contributed by atoms with Gasteiger partial charge in [0.1, 0.15) is 5.82 Å². The maximum Gasteiger partial charge on any atom is 0.134 e. The molecule has 0 saturated heterocycles. The lowest BCUT2D eigenvalue weighted by Crippen LogP contribution is -1.96. The van der Waals surface area contributed by atoms with Crippen molar-refractivity contribution in [1.29, 1.82) is 5.26 Å². The monoisotopic (exact) mass is 422 g/mol. The van der Waals surface area contributed by atoms with Gasteiger partial charge in [-0.05, 0) is 72.0 Å². The Morgan fingerprint density at radius 3 is 2.38 bits per heavy atom. The number of pyridine rings is 1. The summed E-state index contributed by atoms with van der Waals surface area (Å²) in [7, 11) is 0. The van der Waals surface area contributed by atoms with E-state index in [9.17, 15) is 0 Å². The second kappa shape index (κ2) is 10.2. The second-order valence-electron chi connectivity index (χ2n) is 8.29. The van der Waals surface area contributed by atoms with Crippen LogP contribution < -0.4 is 0 Å². The van der Waals surface area contributed by atoms with Crippen molar-refractivity contribution in [3.8, 4) is 17.3 Å². The number of aromatic nitrogens is 1. The van der Waals surface area contributed by atoms with Gasteiger partial charge in [0.2, 0.25) is 0 Å². The molecule has 4 aromatic rings. The van der Waals surface area contributed by atoms with Crippen LogP contribution in [0.15, 0.2) is 72.9 Å². The number of aryl methyl sites for hydroxylation is 3. The van der Waals surface area contributed by atoms with Crippen molar-refractivity contribution >= 4 is 10.8 Å². The van der Waals surface area contributed by atoms with E-state index in [1.54, 1.807) is 12.1 Å². The average Bonchev–Trinajstić information content (AvgIpc) is 2.84. The first-order valence-corrected chi connectivity index (χ1v) is 11.3. The number of benzene rings is 3. The van der Waals surface area contributed by atoms with Crippen molar-refractivity contribution in [3.05, 3.63) is 101 Å². The Balaban J connectivity index is 1.49. The molecule has 160 valence electrons. The molecular weight excluding hydrogens is 395 g/mol. The Kier molecular flexibility index (Phi) is 6.92. The minimum atomic E-state index is -0.151. The molecular formula is C29H27FN2. The molecule has 0 N–H and O–H groups in total. The lowest BCUT2D eigenvalue weighted by molar-refractivity contribution is 0.620. The lowest BCUT2D eigenvalue weighted by atomic mass is 9.98. The number of nitriles is 1. The molecule has 32 heavy (non-hydrogen) atoms. The van der Waals surface area contributed by atoms with Gasteiger partial charge in [-0.25, -0.2) is 4.39 Å². The summed E-state index contributed by atoms with van der Waals surface area (Å²) < 4.78 is 15.2. The smallest absolute Gasteiger partial charge is 0.134 e. The van der Waals surface area contributed by atoms with Gasteiger partial charge in [0.05, 0.1) is 17.3 Å². The fourth-order valence-corrected chi connectivity index (χ4v) is 4.04. The SMILES string of the molecule is CCCCCc1ccc(-c2ccc3c(F)c(CCc4ccc(C#N)cc4)ccc3c2)nc1. The number of hydrogen-bond acceptors (Lipinski definition) is 2. The van der Waals surface area contributed by atoms with Crippen LogP contribution in [0.25, 0.3) is 22.0 Å². The summed E-state index contributed by atoms with van der Waals surface area (Å²) in [6.45, 7) is 2.21. The van der Waals surface area contributed by atoms with E-state index < -0.39 is 0 Å². The van der Waals surface area contributed by atoms with E-state index in [1.807, 2.05) is 48.7 Å². The minimum absolute atomic E-state index is 0.151.